The van der Waals surface area contributed by atoms with Crippen LogP contribution in [0.3, 0.4) is 0 Å². The van der Waals surface area contributed by atoms with Crippen LogP contribution in [0.25, 0.3) is 0 Å². The minimum atomic E-state index is -0.324. The summed E-state index contributed by atoms with van der Waals surface area (Å²) in [6.07, 6.45) is 4.01. The standard InChI is InChI=1S/C6H7N3O/c7-3-4-5(8)1-2-9-6(4)10/h1-3,8H,7H2,(H,9,10)/b4-3+,8-5?. The zero-order chi connectivity index (χ0) is 7.56. The Kier molecular flexibility index (Phi) is 1.53. The molecule has 10 heavy (non-hydrogen) atoms. The molecule has 1 heterocycles. The Hall–Kier alpha value is -1.58. The first-order valence-electron chi connectivity index (χ1n) is 2.74. The average Bonchev–Trinajstić information content (AvgIpc) is 1.88. The van der Waals surface area contributed by atoms with Crippen molar-refractivity contribution in [3.63, 3.8) is 0 Å². The first kappa shape index (κ1) is 6.54. The normalized spacial score (nSPS) is 21.4. The van der Waals surface area contributed by atoms with E-state index in [0.29, 0.717) is 0 Å². The number of amides is 1. The molecule has 0 saturated carbocycles. The van der Waals surface area contributed by atoms with Gasteiger partial charge in [0.15, 0.2) is 0 Å². The van der Waals surface area contributed by atoms with E-state index in [0.717, 1.165) is 6.20 Å². The minimum absolute atomic E-state index is 0.145. The Morgan fingerprint density at radius 3 is 2.80 bits per heavy atom. The number of carbonyl (C=O) groups excluding carboxylic acids is 1. The summed E-state index contributed by atoms with van der Waals surface area (Å²) < 4.78 is 0. The van der Waals surface area contributed by atoms with E-state index in [1.165, 1.54) is 12.3 Å². The van der Waals surface area contributed by atoms with Crippen LogP contribution < -0.4 is 11.1 Å². The van der Waals surface area contributed by atoms with Crippen molar-refractivity contribution in [2.45, 2.75) is 0 Å². The van der Waals surface area contributed by atoms with Crippen LogP contribution in [0.1, 0.15) is 0 Å². The highest BCUT2D eigenvalue weighted by molar-refractivity contribution is 6.26. The van der Waals surface area contributed by atoms with Gasteiger partial charge in [0.25, 0.3) is 5.91 Å². The van der Waals surface area contributed by atoms with E-state index in [-0.39, 0.29) is 17.2 Å². The van der Waals surface area contributed by atoms with Crippen molar-refractivity contribution in [3.8, 4) is 0 Å². The zero-order valence-corrected chi connectivity index (χ0v) is 5.22. The third kappa shape index (κ3) is 0.907. The second-order valence-corrected chi connectivity index (χ2v) is 1.80. The highest BCUT2D eigenvalue weighted by Gasteiger charge is 2.14. The molecule has 4 N–H and O–H groups in total. The lowest BCUT2D eigenvalue weighted by Gasteiger charge is -2.07. The van der Waals surface area contributed by atoms with E-state index in [2.05, 4.69) is 5.32 Å². The van der Waals surface area contributed by atoms with Gasteiger partial charge in [-0.1, -0.05) is 0 Å². The van der Waals surface area contributed by atoms with Crippen LogP contribution in [-0.4, -0.2) is 11.6 Å². The number of nitrogens with one attached hydrogen (secondary N) is 2. The monoisotopic (exact) mass is 137 g/mol. The molecular weight excluding hydrogens is 130 g/mol. The largest absolute Gasteiger partial charge is 0.404 e. The second-order valence-electron chi connectivity index (χ2n) is 1.80. The van der Waals surface area contributed by atoms with Gasteiger partial charge in [0.1, 0.15) is 0 Å². The van der Waals surface area contributed by atoms with Crippen molar-refractivity contribution >= 4 is 11.6 Å². The molecule has 4 heteroatoms. The van der Waals surface area contributed by atoms with E-state index < -0.39 is 0 Å². The molecule has 0 saturated heterocycles. The number of rotatable bonds is 0. The molecule has 0 unspecified atom stereocenters. The van der Waals surface area contributed by atoms with Crippen LogP contribution >= 0.6 is 0 Å². The maximum atomic E-state index is 10.8. The fourth-order valence-electron chi connectivity index (χ4n) is 0.656. The molecule has 0 aromatic carbocycles. The second kappa shape index (κ2) is 2.34. The number of nitrogens with two attached hydrogens (primary N) is 1. The van der Waals surface area contributed by atoms with Gasteiger partial charge in [-0.2, -0.15) is 0 Å². The smallest absolute Gasteiger partial charge is 0.258 e. The predicted octanol–water partition coefficient (Wildman–Crippen LogP) is -0.508. The number of hydrogen-bond acceptors (Lipinski definition) is 3. The van der Waals surface area contributed by atoms with Gasteiger partial charge in [-0.15, -0.1) is 0 Å². The lowest BCUT2D eigenvalue weighted by molar-refractivity contribution is -0.116. The van der Waals surface area contributed by atoms with Gasteiger partial charge in [-0.3, -0.25) is 10.2 Å². The minimum Gasteiger partial charge on any atom is -0.404 e. The number of allylic oxidation sites excluding steroid dienone is 1. The highest BCUT2D eigenvalue weighted by Crippen LogP contribution is 2.00. The fraction of sp³-hybridized carbons (Fsp3) is 0. The van der Waals surface area contributed by atoms with Crippen molar-refractivity contribution in [1.29, 1.82) is 5.41 Å². The molecule has 0 fully saturated rings. The molecule has 1 aliphatic rings. The Morgan fingerprint density at radius 2 is 2.40 bits per heavy atom. The molecule has 4 nitrogen and oxygen atoms in total. The van der Waals surface area contributed by atoms with Crippen molar-refractivity contribution in [1.82, 2.24) is 5.32 Å². The van der Waals surface area contributed by atoms with E-state index in [1.807, 2.05) is 0 Å². The van der Waals surface area contributed by atoms with Gasteiger partial charge in [0.2, 0.25) is 0 Å². The van der Waals surface area contributed by atoms with Crippen LogP contribution in [0.5, 0.6) is 0 Å². The third-order valence-electron chi connectivity index (χ3n) is 1.17. The summed E-state index contributed by atoms with van der Waals surface area (Å²) in [5.41, 5.74) is 5.44. The lowest BCUT2D eigenvalue weighted by Crippen LogP contribution is -2.28. The highest BCUT2D eigenvalue weighted by atomic mass is 16.1. The molecule has 1 amide bonds. The fourth-order valence-corrected chi connectivity index (χ4v) is 0.656. The molecule has 0 atom stereocenters. The van der Waals surface area contributed by atoms with Crippen molar-refractivity contribution in [2.75, 3.05) is 0 Å². The maximum Gasteiger partial charge on any atom is 0.258 e. The van der Waals surface area contributed by atoms with E-state index in [4.69, 9.17) is 11.1 Å². The summed E-state index contributed by atoms with van der Waals surface area (Å²) in [6, 6.07) is 0. The van der Waals surface area contributed by atoms with Gasteiger partial charge in [0.05, 0.1) is 11.3 Å². The molecule has 0 aliphatic carbocycles. The molecule has 0 aromatic rings. The van der Waals surface area contributed by atoms with E-state index in [9.17, 15) is 4.79 Å². The Balaban J connectivity index is 3.00. The van der Waals surface area contributed by atoms with Crippen molar-refractivity contribution in [3.05, 3.63) is 24.0 Å². The summed E-state index contributed by atoms with van der Waals surface area (Å²) in [5, 5.41) is 9.59. The summed E-state index contributed by atoms with van der Waals surface area (Å²) in [7, 11) is 0. The van der Waals surface area contributed by atoms with Crippen LogP contribution in [0.15, 0.2) is 24.0 Å². The van der Waals surface area contributed by atoms with Crippen molar-refractivity contribution in [2.24, 2.45) is 5.73 Å². The third-order valence-corrected chi connectivity index (χ3v) is 1.17. The summed E-state index contributed by atoms with van der Waals surface area (Å²) in [6.45, 7) is 0. The molecule has 1 aliphatic heterocycles. The van der Waals surface area contributed by atoms with Gasteiger partial charge < -0.3 is 11.1 Å². The van der Waals surface area contributed by atoms with E-state index >= 15 is 0 Å². The van der Waals surface area contributed by atoms with Gasteiger partial charge in [-0.25, -0.2) is 0 Å². The first-order valence-corrected chi connectivity index (χ1v) is 2.74. The molecule has 0 aromatic heterocycles. The van der Waals surface area contributed by atoms with Crippen LogP contribution in [-0.2, 0) is 4.79 Å². The summed E-state index contributed by atoms with van der Waals surface area (Å²) in [4.78, 5) is 10.8. The van der Waals surface area contributed by atoms with Crippen molar-refractivity contribution < 1.29 is 4.79 Å². The van der Waals surface area contributed by atoms with Gasteiger partial charge in [0, 0.05) is 12.4 Å². The summed E-state index contributed by atoms with van der Waals surface area (Å²) >= 11 is 0. The van der Waals surface area contributed by atoms with Gasteiger partial charge >= 0.3 is 0 Å². The number of hydrogen-bond donors (Lipinski definition) is 3. The average molecular weight is 137 g/mol. The Morgan fingerprint density at radius 1 is 1.70 bits per heavy atom. The Bertz CT molecular complexity index is 239. The maximum absolute atomic E-state index is 10.8. The van der Waals surface area contributed by atoms with Gasteiger partial charge in [-0.05, 0) is 6.08 Å². The Labute approximate surface area is 57.9 Å². The summed E-state index contributed by atoms with van der Waals surface area (Å²) in [5.74, 6) is -0.324. The van der Waals surface area contributed by atoms with E-state index in [1.54, 1.807) is 0 Å². The first-order chi connectivity index (χ1) is 4.75. The quantitative estimate of drug-likeness (QED) is 0.393. The topological polar surface area (TPSA) is 79.0 Å². The molecular formula is C6H7N3O. The molecule has 0 bridgehead atoms. The SMILES string of the molecule is N=C1C=CNC(=O)/C1=C/N. The molecule has 0 radical (unpaired) electrons. The van der Waals surface area contributed by atoms with Crippen LogP contribution in [0, 0.1) is 5.41 Å². The lowest BCUT2D eigenvalue weighted by atomic mass is 10.1. The zero-order valence-electron chi connectivity index (χ0n) is 5.22. The van der Waals surface area contributed by atoms with Crippen LogP contribution in [0.4, 0.5) is 0 Å². The molecule has 52 valence electrons. The predicted molar refractivity (Wildman–Crippen MR) is 37.3 cm³/mol. The molecule has 0 spiro atoms. The van der Waals surface area contributed by atoms with Crippen LogP contribution in [0.2, 0.25) is 0 Å². The number of carbonyl (C=O) groups is 1. The molecule has 1 rings (SSSR count).